The zero-order chi connectivity index (χ0) is 13.6. The fraction of sp³-hybridized carbons (Fsp3) is 0.462. The summed E-state index contributed by atoms with van der Waals surface area (Å²) in [5, 5.41) is 8.69. The van der Waals surface area contributed by atoms with E-state index in [-0.39, 0.29) is 11.8 Å². The summed E-state index contributed by atoms with van der Waals surface area (Å²) >= 11 is 0. The van der Waals surface area contributed by atoms with E-state index in [4.69, 9.17) is 5.26 Å². The minimum atomic E-state index is -3.22. The third kappa shape index (κ3) is 4.47. The molecule has 4 nitrogen and oxygen atoms in total. The van der Waals surface area contributed by atoms with Gasteiger partial charge >= 0.3 is 0 Å². The molecule has 0 amide bonds. The maximum Gasteiger partial charge on any atom is 0.212 e. The van der Waals surface area contributed by atoms with Crippen LogP contribution in [0.15, 0.2) is 24.3 Å². The molecule has 0 aromatic heterocycles. The van der Waals surface area contributed by atoms with Crippen LogP contribution in [-0.2, 0) is 10.0 Å². The number of sulfonamides is 1. The molecule has 98 valence electrons. The second kappa shape index (κ2) is 6.53. The minimum absolute atomic E-state index is 0.157. The third-order valence-electron chi connectivity index (χ3n) is 2.66. The van der Waals surface area contributed by atoms with Gasteiger partial charge in [-0.15, -0.1) is 0 Å². The molecule has 0 aliphatic rings. The van der Waals surface area contributed by atoms with Gasteiger partial charge in [0.2, 0.25) is 10.0 Å². The van der Waals surface area contributed by atoms with Gasteiger partial charge in [-0.1, -0.05) is 25.5 Å². The van der Waals surface area contributed by atoms with Crippen LogP contribution in [-0.4, -0.2) is 14.2 Å². The first-order valence-electron chi connectivity index (χ1n) is 5.98. The average molecular weight is 266 g/mol. The van der Waals surface area contributed by atoms with Gasteiger partial charge in [0.25, 0.3) is 0 Å². The Kier molecular flexibility index (Phi) is 5.32. The first kappa shape index (κ1) is 14.7. The molecule has 0 heterocycles. The summed E-state index contributed by atoms with van der Waals surface area (Å²) in [4.78, 5) is 0. The van der Waals surface area contributed by atoms with Crippen molar-refractivity contribution >= 4 is 10.0 Å². The van der Waals surface area contributed by atoms with Crippen molar-refractivity contribution < 1.29 is 8.42 Å². The largest absolute Gasteiger partial charge is 0.212 e. The molecule has 1 aromatic rings. The number of nitrogens with one attached hydrogen (secondary N) is 1. The predicted molar refractivity (Wildman–Crippen MR) is 71.4 cm³/mol. The van der Waals surface area contributed by atoms with Crippen LogP contribution in [0.2, 0.25) is 0 Å². The summed E-state index contributed by atoms with van der Waals surface area (Å²) in [6.45, 7) is 3.75. The number of nitrogens with zero attached hydrogens (tertiary/aromatic N) is 1. The Balaban J connectivity index is 2.70. The average Bonchev–Trinajstić information content (AvgIpc) is 2.36. The summed E-state index contributed by atoms with van der Waals surface area (Å²) in [7, 11) is -3.22. The van der Waals surface area contributed by atoms with E-state index < -0.39 is 10.0 Å². The van der Waals surface area contributed by atoms with Crippen LogP contribution < -0.4 is 4.72 Å². The van der Waals surface area contributed by atoms with E-state index in [9.17, 15) is 8.42 Å². The molecule has 1 N–H and O–H groups in total. The van der Waals surface area contributed by atoms with Gasteiger partial charge in [-0.2, -0.15) is 5.26 Å². The highest BCUT2D eigenvalue weighted by atomic mass is 32.2. The lowest BCUT2D eigenvalue weighted by atomic mass is 10.1. The number of benzene rings is 1. The van der Waals surface area contributed by atoms with E-state index in [0.29, 0.717) is 12.0 Å². The zero-order valence-electron chi connectivity index (χ0n) is 10.7. The number of hydrogen-bond acceptors (Lipinski definition) is 3. The minimum Gasteiger partial charge on any atom is -0.212 e. The van der Waals surface area contributed by atoms with Gasteiger partial charge in [0.1, 0.15) is 0 Å². The molecule has 0 aliphatic heterocycles. The van der Waals surface area contributed by atoms with Crippen molar-refractivity contribution in [2.45, 2.75) is 32.7 Å². The van der Waals surface area contributed by atoms with Crippen molar-refractivity contribution in [2.24, 2.45) is 0 Å². The molecule has 0 saturated heterocycles. The monoisotopic (exact) mass is 266 g/mol. The maximum atomic E-state index is 11.7. The summed E-state index contributed by atoms with van der Waals surface area (Å²) < 4.78 is 26.1. The van der Waals surface area contributed by atoms with Crippen LogP contribution in [0.5, 0.6) is 0 Å². The normalized spacial score (nSPS) is 12.9. The van der Waals surface area contributed by atoms with Crippen LogP contribution in [0.25, 0.3) is 0 Å². The van der Waals surface area contributed by atoms with Gasteiger partial charge < -0.3 is 0 Å². The van der Waals surface area contributed by atoms with E-state index in [1.807, 2.05) is 13.0 Å². The highest BCUT2D eigenvalue weighted by Crippen LogP contribution is 2.14. The summed E-state index contributed by atoms with van der Waals surface area (Å²) in [5.74, 6) is 0.157. The van der Waals surface area contributed by atoms with Gasteiger partial charge in [-0.25, -0.2) is 13.1 Å². The fourth-order valence-corrected chi connectivity index (χ4v) is 3.04. The van der Waals surface area contributed by atoms with Crippen molar-refractivity contribution in [1.82, 2.24) is 4.72 Å². The highest BCUT2D eigenvalue weighted by molar-refractivity contribution is 7.89. The second-order valence-corrected chi connectivity index (χ2v) is 6.12. The Bertz CT molecular complexity index is 515. The molecule has 1 unspecified atom stereocenters. The second-order valence-electron chi connectivity index (χ2n) is 4.25. The molecule has 0 radical (unpaired) electrons. The summed E-state index contributed by atoms with van der Waals surface area (Å²) in [6, 6.07) is 8.66. The first-order chi connectivity index (χ1) is 8.48. The number of hydrogen-bond donors (Lipinski definition) is 1. The molecule has 18 heavy (non-hydrogen) atoms. The molecule has 0 spiro atoms. The lowest BCUT2D eigenvalue weighted by Crippen LogP contribution is -2.29. The van der Waals surface area contributed by atoms with E-state index in [0.717, 1.165) is 12.0 Å². The number of unbranched alkanes of at least 4 members (excludes halogenated alkanes) is 1. The third-order valence-corrected chi connectivity index (χ3v) is 4.20. The van der Waals surface area contributed by atoms with E-state index >= 15 is 0 Å². The maximum absolute atomic E-state index is 11.7. The molecule has 0 fully saturated rings. The molecular formula is C13H18N2O2S. The zero-order valence-corrected chi connectivity index (χ0v) is 11.5. The molecule has 0 bridgehead atoms. The van der Waals surface area contributed by atoms with Gasteiger partial charge in [0.05, 0.1) is 17.4 Å². The van der Waals surface area contributed by atoms with Crippen molar-refractivity contribution in [3.63, 3.8) is 0 Å². The quantitative estimate of drug-likeness (QED) is 0.859. The van der Waals surface area contributed by atoms with Crippen molar-refractivity contribution in [2.75, 3.05) is 5.75 Å². The highest BCUT2D eigenvalue weighted by Gasteiger charge is 2.14. The molecule has 1 aromatic carbocycles. The van der Waals surface area contributed by atoms with Gasteiger partial charge in [-0.3, -0.25) is 0 Å². The molecular weight excluding hydrogens is 248 g/mol. The van der Waals surface area contributed by atoms with Crippen LogP contribution in [0.3, 0.4) is 0 Å². The smallest absolute Gasteiger partial charge is 0.212 e. The SMILES string of the molecule is CCCCS(=O)(=O)NC(C)c1ccc(C#N)cc1. The van der Waals surface area contributed by atoms with Crippen molar-refractivity contribution in [1.29, 1.82) is 5.26 Å². The molecule has 5 heteroatoms. The van der Waals surface area contributed by atoms with Crippen molar-refractivity contribution in [3.8, 4) is 6.07 Å². The van der Waals surface area contributed by atoms with E-state index in [2.05, 4.69) is 4.72 Å². The Hall–Kier alpha value is -1.38. The Morgan fingerprint density at radius 2 is 1.94 bits per heavy atom. The Labute approximate surface area is 109 Å². The first-order valence-corrected chi connectivity index (χ1v) is 7.64. The van der Waals surface area contributed by atoms with Crippen LogP contribution in [0.4, 0.5) is 0 Å². The van der Waals surface area contributed by atoms with Crippen LogP contribution in [0.1, 0.15) is 43.9 Å². The summed E-state index contributed by atoms with van der Waals surface area (Å²) in [5.41, 5.74) is 1.42. The van der Waals surface area contributed by atoms with Gasteiger partial charge in [0.15, 0.2) is 0 Å². The molecule has 1 rings (SSSR count). The summed E-state index contributed by atoms with van der Waals surface area (Å²) in [6.07, 6.45) is 1.52. The molecule has 1 atom stereocenters. The lowest BCUT2D eigenvalue weighted by Gasteiger charge is -2.14. The standard InChI is InChI=1S/C13H18N2O2S/c1-3-4-9-18(16,17)15-11(2)13-7-5-12(10-14)6-8-13/h5-8,11,15H,3-4,9H2,1-2H3. The fourth-order valence-electron chi connectivity index (χ4n) is 1.58. The van der Waals surface area contributed by atoms with Crippen LogP contribution in [0, 0.1) is 11.3 Å². The van der Waals surface area contributed by atoms with Gasteiger partial charge in [0, 0.05) is 6.04 Å². The van der Waals surface area contributed by atoms with E-state index in [1.165, 1.54) is 0 Å². The van der Waals surface area contributed by atoms with E-state index in [1.54, 1.807) is 31.2 Å². The Morgan fingerprint density at radius 3 is 2.44 bits per heavy atom. The Morgan fingerprint density at radius 1 is 1.33 bits per heavy atom. The predicted octanol–water partition coefficient (Wildman–Crippen LogP) is 2.34. The molecule has 0 aliphatic carbocycles. The number of rotatable bonds is 6. The van der Waals surface area contributed by atoms with Crippen molar-refractivity contribution in [3.05, 3.63) is 35.4 Å². The topological polar surface area (TPSA) is 70.0 Å². The van der Waals surface area contributed by atoms with Gasteiger partial charge in [-0.05, 0) is 31.0 Å². The van der Waals surface area contributed by atoms with Crippen LogP contribution >= 0.6 is 0 Å². The molecule has 0 saturated carbocycles. The lowest BCUT2D eigenvalue weighted by molar-refractivity contribution is 0.564. The number of nitriles is 1.